The summed E-state index contributed by atoms with van der Waals surface area (Å²) in [5, 5.41) is 3.23. The van der Waals surface area contributed by atoms with Gasteiger partial charge >= 0.3 is 5.97 Å². The molecule has 0 spiro atoms. The number of carbonyl (C=O) groups excluding carboxylic acids is 1. The quantitative estimate of drug-likeness (QED) is 0.780. The lowest BCUT2D eigenvalue weighted by atomic mass is 10.2. The minimum absolute atomic E-state index is 0.189. The van der Waals surface area contributed by atoms with Gasteiger partial charge in [0.2, 0.25) is 0 Å². The Bertz CT molecular complexity index is 407. The van der Waals surface area contributed by atoms with E-state index in [2.05, 4.69) is 36.5 Å². The molecule has 0 aliphatic carbocycles. The van der Waals surface area contributed by atoms with Crippen molar-refractivity contribution in [2.75, 3.05) is 12.9 Å². The zero-order valence-corrected chi connectivity index (χ0v) is 12.9. The van der Waals surface area contributed by atoms with Crippen molar-refractivity contribution in [3.63, 3.8) is 0 Å². The number of aryl methyl sites for hydroxylation is 1. The van der Waals surface area contributed by atoms with E-state index in [1.54, 1.807) is 11.8 Å². The van der Waals surface area contributed by atoms with Crippen LogP contribution < -0.4 is 5.32 Å². The molecule has 0 aliphatic heterocycles. The molecular weight excluding hydrogens is 258 g/mol. The maximum atomic E-state index is 11.6. The predicted octanol–water partition coefficient (Wildman–Crippen LogP) is 2.77. The summed E-state index contributed by atoms with van der Waals surface area (Å²) >= 11 is 1.75. The Kier molecular flexibility index (Phi) is 6.95. The Morgan fingerprint density at radius 2 is 2.16 bits per heavy atom. The van der Waals surface area contributed by atoms with Crippen molar-refractivity contribution in [1.29, 1.82) is 0 Å². The van der Waals surface area contributed by atoms with E-state index in [1.807, 2.05) is 13.8 Å². The van der Waals surface area contributed by atoms with E-state index < -0.39 is 0 Å². The topological polar surface area (TPSA) is 38.3 Å². The highest BCUT2D eigenvalue weighted by Crippen LogP contribution is 2.15. The first kappa shape index (κ1) is 16.1. The zero-order chi connectivity index (χ0) is 14.3. The molecule has 19 heavy (non-hydrogen) atoms. The molecule has 0 radical (unpaired) electrons. The summed E-state index contributed by atoms with van der Waals surface area (Å²) in [7, 11) is 1.43. The van der Waals surface area contributed by atoms with Gasteiger partial charge in [0.1, 0.15) is 6.04 Å². The molecule has 0 aliphatic rings. The first-order valence-electron chi connectivity index (χ1n) is 6.50. The molecule has 0 amide bonds. The summed E-state index contributed by atoms with van der Waals surface area (Å²) in [6.07, 6.45) is 0. The molecule has 0 saturated carbocycles. The van der Waals surface area contributed by atoms with Gasteiger partial charge in [-0.15, -0.1) is 0 Å². The Hall–Kier alpha value is -1.00. The molecule has 3 nitrogen and oxygen atoms in total. The van der Waals surface area contributed by atoms with Crippen LogP contribution in [0.2, 0.25) is 0 Å². The van der Waals surface area contributed by atoms with Crippen LogP contribution in [-0.4, -0.2) is 30.9 Å². The van der Waals surface area contributed by atoms with E-state index in [0.29, 0.717) is 0 Å². The highest BCUT2D eigenvalue weighted by molar-refractivity contribution is 7.98. The summed E-state index contributed by atoms with van der Waals surface area (Å²) in [5.41, 5.74) is 2.56. The third-order valence-electron chi connectivity index (χ3n) is 2.66. The van der Waals surface area contributed by atoms with E-state index in [4.69, 9.17) is 4.74 Å². The Morgan fingerprint density at radius 3 is 2.74 bits per heavy atom. The highest BCUT2D eigenvalue weighted by Gasteiger charge is 2.19. The molecular formula is C15H23NO2S. The number of hydrogen-bond acceptors (Lipinski definition) is 4. The summed E-state index contributed by atoms with van der Waals surface area (Å²) < 4.78 is 4.82. The number of ether oxygens (including phenoxy) is 1. The molecule has 106 valence electrons. The Morgan fingerprint density at radius 1 is 1.42 bits per heavy atom. The molecule has 1 N–H and O–H groups in total. The number of thioether (sulfide) groups is 1. The largest absolute Gasteiger partial charge is 0.468 e. The second-order valence-electron chi connectivity index (χ2n) is 4.90. The lowest BCUT2D eigenvalue weighted by Gasteiger charge is -2.18. The van der Waals surface area contributed by atoms with Crippen LogP contribution in [0, 0.1) is 6.92 Å². The molecule has 0 bridgehead atoms. The van der Waals surface area contributed by atoms with Crippen LogP contribution in [0.25, 0.3) is 0 Å². The number of hydrogen-bond donors (Lipinski definition) is 1. The van der Waals surface area contributed by atoms with Crippen molar-refractivity contribution in [2.45, 2.75) is 38.6 Å². The van der Waals surface area contributed by atoms with E-state index in [1.165, 1.54) is 18.2 Å². The normalized spacial score (nSPS) is 12.5. The van der Waals surface area contributed by atoms with Gasteiger partial charge in [-0.05, 0) is 12.5 Å². The van der Waals surface area contributed by atoms with Gasteiger partial charge in [-0.3, -0.25) is 4.79 Å². The van der Waals surface area contributed by atoms with Gasteiger partial charge in [-0.1, -0.05) is 43.7 Å². The van der Waals surface area contributed by atoms with Crippen LogP contribution in [0.15, 0.2) is 24.3 Å². The molecule has 1 unspecified atom stereocenters. The monoisotopic (exact) mass is 281 g/mol. The number of nitrogens with one attached hydrogen (secondary N) is 1. The van der Waals surface area contributed by atoms with E-state index in [-0.39, 0.29) is 18.1 Å². The van der Waals surface area contributed by atoms with Crippen molar-refractivity contribution in [3.8, 4) is 0 Å². The fourth-order valence-corrected chi connectivity index (χ4v) is 2.83. The van der Waals surface area contributed by atoms with E-state index >= 15 is 0 Å². The van der Waals surface area contributed by atoms with E-state index in [0.717, 1.165) is 11.5 Å². The number of carbonyl (C=O) groups is 1. The van der Waals surface area contributed by atoms with Gasteiger partial charge in [0.25, 0.3) is 0 Å². The third-order valence-corrected chi connectivity index (χ3v) is 3.76. The molecule has 4 heteroatoms. The Balaban J connectivity index is 2.45. The molecule has 0 heterocycles. The molecule has 0 saturated heterocycles. The second-order valence-corrected chi connectivity index (χ2v) is 5.93. The summed E-state index contributed by atoms with van der Waals surface area (Å²) in [6.45, 7) is 6.15. The average Bonchev–Trinajstić information content (AvgIpc) is 2.36. The molecule has 1 aromatic rings. The minimum Gasteiger partial charge on any atom is -0.468 e. The van der Waals surface area contributed by atoms with Crippen molar-refractivity contribution >= 4 is 17.7 Å². The lowest BCUT2D eigenvalue weighted by Crippen LogP contribution is -2.43. The number of methoxy groups -OCH3 is 1. The van der Waals surface area contributed by atoms with E-state index in [9.17, 15) is 4.79 Å². The maximum Gasteiger partial charge on any atom is 0.323 e. The molecule has 1 atom stereocenters. The van der Waals surface area contributed by atoms with Gasteiger partial charge in [0, 0.05) is 17.5 Å². The first-order chi connectivity index (χ1) is 9.02. The average molecular weight is 281 g/mol. The lowest BCUT2D eigenvalue weighted by molar-refractivity contribution is -0.142. The fourth-order valence-electron chi connectivity index (χ4n) is 1.83. The van der Waals surface area contributed by atoms with Gasteiger partial charge in [0.05, 0.1) is 7.11 Å². The zero-order valence-electron chi connectivity index (χ0n) is 12.1. The van der Waals surface area contributed by atoms with Crippen molar-refractivity contribution in [3.05, 3.63) is 35.4 Å². The van der Waals surface area contributed by atoms with Crippen LogP contribution in [0.4, 0.5) is 0 Å². The maximum absolute atomic E-state index is 11.6. The minimum atomic E-state index is -0.236. The SMILES string of the molecule is COC(=O)C(CSCc1cccc(C)c1)NC(C)C. The van der Waals surface area contributed by atoms with Gasteiger partial charge in [0.15, 0.2) is 0 Å². The second kappa shape index (κ2) is 8.23. The molecule has 0 aromatic heterocycles. The highest BCUT2D eigenvalue weighted by atomic mass is 32.2. The van der Waals surface area contributed by atoms with Crippen LogP contribution in [0.1, 0.15) is 25.0 Å². The fraction of sp³-hybridized carbons (Fsp3) is 0.533. The van der Waals surface area contributed by atoms with Crippen LogP contribution in [0.3, 0.4) is 0 Å². The van der Waals surface area contributed by atoms with Crippen LogP contribution >= 0.6 is 11.8 Å². The first-order valence-corrected chi connectivity index (χ1v) is 7.65. The van der Waals surface area contributed by atoms with Gasteiger partial charge in [-0.25, -0.2) is 0 Å². The van der Waals surface area contributed by atoms with Crippen LogP contribution in [-0.2, 0) is 15.3 Å². The van der Waals surface area contributed by atoms with Crippen molar-refractivity contribution in [2.24, 2.45) is 0 Å². The molecule has 1 rings (SSSR count). The van der Waals surface area contributed by atoms with Crippen molar-refractivity contribution < 1.29 is 9.53 Å². The summed E-state index contributed by atoms with van der Waals surface area (Å²) in [6, 6.07) is 8.48. The molecule has 1 aromatic carbocycles. The summed E-state index contributed by atoms with van der Waals surface area (Å²) in [4.78, 5) is 11.6. The predicted molar refractivity (Wildman–Crippen MR) is 81.4 cm³/mol. The Labute approximate surface area is 120 Å². The van der Waals surface area contributed by atoms with Gasteiger partial charge in [-0.2, -0.15) is 11.8 Å². The standard InChI is InChI=1S/C15H23NO2S/c1-11(2)16-14(15(17)18-4)10-19-9-13-7-5-6-12(3)8-13/h5-8,11,14,16H,9-10H2,1-4H3. The smallest absolute Gasteiger partial charge is 0.323 e. The van der Waals surface area contributed by atoms with Gasteiger partial charge < -0.3 is 10.1 Å². The number of benzene rings is 1. The third kappa shape index (κ3) is 6.12. The van der Waals surface area contributed by atoms with Crippen LogP contribution in [0.5, 0.6) is 0 Å². The summed E-state index contributed by atoms with van der Waals surface area (Å²) in [5.74, 6) is 1.44. The number of esters is 1. The number of rotatable bonds is 7. The molecule has 0 fully saturated rings. The van der Waals surface area contributed by atoms with Crippen molar-refractivity contribution in [1.82, 2.24) is 5.32 Å².